The Morgan fingerprint density at radius 1 is 0.903 bits per heavy atom. The fraction of sp³-hybridized carbons (Fsp3) is 0.143. The van der Waals surface area contributed by atoms with Crippen molar-refractivity contribution in [3.05, 3.63) is 83.7 Å². The summed E-state index contributed by atoms with van der Waals surface area (Å²) in [4.78, 5) is -0.535. The van der Waals surface area contributed by atoms with Crippen molar-refractivity contribution in [2.45, 2.75) is 17.6 Å². The third kappa shape index (κ3) is 4.29. The van der Waals surface area contributed by atoms with Crippen molar-refractivity contribution < 1.29 is 35.5 Å². The van der Waals surface area contributed by atoms with Gasteiger partial charge >= 0.3 is 6.18 Å². The third-order valence-electron chi connectivity index (χ3n) is 4.63. The van der Waals surface area contributed by atoms with Crippen LogP contribution in [0, 0.1) is 5.82 Å². The first-order valence-electron chi connectivity index (χ1n) is 8.99. The van der Waals surface area contributed by atoms with Gasteiger partial charge in [0.15, 0.2) is 11.5 Å². The van der Waals surface area contributed by atoms with Crippen molar-refractivity contribution in [1.82, 2.24) is 0 Å². The van der Waals surface area contributed by atoms with Crippen LogP contribution in [-0.2, 0) is 22.7 Å². The Kier molecular flexibility index (Phi) is 5.26. The molecule has 10 heteroatoms. The van der Waals surface area contributed by atoms with Gasteiger partial charge in [-0.3, -0.25) is 4.31 Å². The lowest BCUT2D eigenvalue weighted by Crippen LogP contribution is -2.30. The number of fused-ring (bicyclic) bond motifs is 1. The monoisotopic (exact) mass is 453 g/mol. The van der Waals surface area contributed by atoms with Gasteiger partial charge in [-0.25, -0.2) is 12.8 Å². The highest BCUT2D eigenvalue weighted by Gasteiger charge is 2.33. The van der Waals surface area contributed by atoms with Gasteiger partial charge in [-0.15, -0.1) is 0 Å². The maximum absolute atomic E-state index is 13.4. The smallest absolute Gasteiger partial charge is 0.416 e. The molecule has 0 radical (unpaired) electrons. The number of anilines is 1. The van der Waals surface area contributed by atoms with E-state index in [4.69, 9.17) is 9.47 Å². The maximum atomic E-state index is 13.4. The highest BCUT2D eigenvalue weighted by Crippen LogP contribution is 2.35. The highest BCUT2D eigenvalue weighted by atomic mass is 32.2. The van der Waals surface area contributed by atoms with E-state index in [0.717, 1.165) is 34.6 Å². The van der Waals surface area contributed by atoms with Crippen molar-refractivity contribution >= 4 is 15.7 Å². The predicted molar refractivity (Wildman–Crippen MR) is 104 cm³/mol. The summed E-state index contributed by atoms with van der Waals surface area (Å²) in [5, 5.41) is 0. The molecule has 0 spiro atoms. The number of rotatable bonds is 5. The first-order chi connectivity index (χ1) is 14.6. The molecule has 1 aliphatic rings. The zero-order valence-corrected chi connectivity index (χ0v) is 16.6. The molecular weight excluding hydrogens is 438 g/mol. The van der Waals surface area contributed by atoms with E-state index in [0.29, 0.717) is 23.1 Å². The molecule has 3 aromatic rings. The van der Waals surface area contributed by atoms with Gasteiger partial charge in [0.25, 0.3) is 10.0 Å². The number of hydrogen-bond donors (Lipinski definition) is 0. The van der Waals surface area contributed by atoms with Crippen LogP contribution in [0.3, 0.4) is 0 Å². The van der Waals surface area contributed by atoms with Crippen molar-refractivity contribution in [1.29, 1.82) is 0 Å². The average Bonchev–Trinajstić information content (AvgIpc) is 3.20. The summed E-state index contributed by atoms with van der Waals surface area (Å²) in [5.41, 5.74) is -0.490. The Labute approximate surface area is 175 Å². The highest BCUT2D eigenvalue weighted by molar-refractivity contribution is 7.92. The SMILES string of the molecule is O=S(=O)(c1cccc(C(F)(F)F)c1)N(Cc1ccc2c(c1)OCO2)c1ccc(F)cc1. The molecule has 0 saturated heterocycles. The van der Waals surface area contributed by atoms with Crippen molar-refractivity contribution in [2.75, 3.05) is 11.1 Å². The molecule has 162 valence electrons. The lowest BCUT2D eigenvalue weighted by molar-refractivity contribution is -0.137. The molecule has 0 atom stereocenters. The van der Waals surface area contributed by atoms with E-state index in [2.05, 4.69) is 0 Å². The van der Waals surface area contributed by atoms with Gasteiger partial charge in [-0.05, 0) is 60.2 Å². The van der Waals surface area contributed by atoms with E-state index >= 15 is 0 Å². The lowest BCUT2D eigenvalue weighted by Gasteiger charge is -2.25. The molecule has 1 aliphatic heterocycles. The van der Waals surface area contributed by atoms with Crippen LogP contribution in [0.1, 0.15) is 11.1 Å². The molecule has 1 heterocycles. The molecule has 0 bridgehead atoms. The Balaban J connectivity index is 1.77. The van der Waals surface area contributed by atoms with Crippen LogP contribution >= 0.6 is 0 Å². The number of benzene rings is 3. The van der Waals surface area contributed by atoms with Crippen LogP contribution < -0.4 is 13.8 Å². The largest absolute Gasteiger partial charge is 0.454 e. The van der Waals surface area contributed by atoms with Gasteiger partial charge < -0.3 is 9.47 Å². The summed E-state index contributed by atoms with van der Waals surface area (Å²) < 4.78 is 90.9. The molecule has 0 unspecified atom stereocenters. The summed E-state index contributed by atoms with van der Waals surface area (Å²) in [7, 11) is -4.42. The first-order valence-corrected chi connectivity index (χ1v) is 10.4. The second-order valence-corrected chi connectivity index (χ2v) is 8.56. The zero-order chi connectivity index (χ0) is 22.2. The predicted octanol–water partition coefficient (Wildman–Crippen LogP) is 4.97. The molecule has 0 N–H and O–H groups in total. The van der Waals surface area contributed by atoms with E-state index in [1.54, 1.807) is 18.2 Å². The molecule has 0 aliphatic carbocycles. The number of ether oxygens (including phenoxy) is 2. The molecule has 0 saturated carbocycles. The van der Waals surface area contributed by atoms with Crippen molar-refractivity contribution in [3.8, 4) is 11.5 Å². The van der Waals surface area contributed by atoms with Crippen LogP contribution in [0.4, 0.5) is 23.2 Å². The van der Waals surface area contributed by atoms with E-state index in [1.807, 2.05) is 0 Å². The third-order valence-corrected chi connectivity index (χ3v) is 6.40. The standard InChI is InChI=1S/C21H15F4NO4S/c22-16-5-7-17(8-6-16)26(12-14-4-9-19-20(10-14)30-13-29-19)31(27,28)18-3-1-2-15(11-18)21(23,24)25/h1-11H,12-13H2. The van der Waals surface area contributed by atoms with Crippen LogP contribution in [0.5, 0.6) is 11.5 Å². The number of sulfonamides is 1. The van der Waals surface area contributed by atoms with Gasteiger partial charge in [0.1, 0.15) is 5.82 Å². The average molecular weight is 453 g/mol. The molecule has 31 heavy (non-hydrogen) atoms. The fourth-order valence-electron chi connectivity index (χ4n) is 3.09. The summed E-state index contributed by atoms with van der Waals surface area (Å²) in [5.74, 6) is 0.342. The molecule has 3 aromatic carbocycles. The van der Waals surface area contributed by atoms with Gasteiger partial charge in [0.05, 0.1) is 22.7 Å². The molecular formula is C21H15F4NO4S. The topological polar surface area (TPSA) is 55.8 Å². The number of nitrogens with zero attached hydrogens (tertiary/aromatic N) is 1. The minimum Gasteiger partial charge on any atom is -0.454 e. The summed E-state index contributed by atoms with van der Waals surface area (Å²) in [6.07, 6.45) is -4.70. The molecule has 0 amide bonds. The van der Waals surface area contributed by atoms with Crippen LogP contribution in [0.2, 0.25) is 0 Å². The van der Waals surface area contributed by atoms with Gasteiger partial charge in [-0.2, -0.15) is 13.2 Å². The second kappa shape index (κ2) is 7.77. The van der Waals surface area contributed by atoms with Crippen molar-refractivity contribution in [3.63, 3.8) is 0 Å². The molecule has 0 fully saturated rings. The second-order valence-electron chi connectivity index (χ2n) is 6.70. The summed E-state index contributed by atoms with van der Waals surface area (Å²) in [6, 6.07) is 12.9. The van der Waals surface area contributed by atoms with Crippen LogP contribution in [0.25, 0.3) is 0 Å². The van der Waals surface area contributed by atoms with Crippen LogP contribution in [-0.4, -0.2) is 15.2 Å². The first kappa shape index (κ1) is 21.0. The van der Waals surface area contributed by atoms with Gasteiger partial charge in [0.2, 0.25) is 6.79 Å². The molecule has 0 aromatic heterocycles. The van der Waals surface area contributed by atoms with Gasteiger partial charge in [0, 0.05) is 0 Å². The number of halogens is 4. The normalized spacial score (nSPS) is 13.3. The fourth-order valence-corrected chi connectivity index (χ4v) is 4.59. The minimum absolute atomic E-state index is 0.0308. The number of alkyl halides is 3. The summed E-state index contributed by atoms with van der Waals surface area (Å²) >= 11 is 0. The maximum Gasteiger partial charge on any atom is 0.416 e. The van der Waals surface area contributed by atoms with Gasteiger partial charge in [-0.1, -0.05) is 12.1 Å². The van der Waals surface area contributed by atoms with E-state index in [1.165, 1.54) is 12.1 Å². The van der Waals surface area contributed by atoms with E-state index < -0.39 is 32.5 Å². The van der Waals surface area contributed by atoms with E-state index in [-0.39, 0.29) is 19.0 Å². The van der Waals surface area contributed by atoms with Crippen molar-refractivity contribution in [2.24, 2.45) is 0 Å². The minimum atomic E-state index is -4.70. The Morgan fingerprint density at radius 3 is 2.32 bits per heavy atom. The Bertz CT molecular complexity index is 1210. The summed E-state index contributed by atoms with van der Waals surface area (Å²) in [6.45, 7) is -0.191. The van der Waals surface area contributed by atoms with Crippen LogP contribution in [0.15, 0.2) is 71.6 Å². The van der Waals surface area contributed by atoms with E-state index in [9.17, 15) is 26.0 Å². The molecule has 4 rings (SSSR count). The lowest BCUT2D eigenvalue weighted by atomic mass is 10.2. The molecule has 5 nitrogen and oxygen atoms in total. The quantitative estimate of drug-likeness (QED) is 0.512. The number of hydrogen-bond acceptors (Lipinski definition) is 4. The Hall–Kier alpha value is -3.27. The zero-order valence-electron chi connectivity index (χ0n) is 15.8. The Morgan fingerprint density at radius 2 is 1.61 bits per heavy atom.